The lowest BCUT2D eigenvalue weighted by atomic mass is 10.1. The highest BCUT2D eigenvalue weighted by atomic mass is 79.9. The van der Waals surface area contributed by atoms with Crippen molar-refractivity contribution in [2.45, 2.75) is 25.7 Å². The van der Waals surface area contributed by atoms with E-state index in [2.05, 4.69) is 44.0 Å². The minimum Gasteiger partial charge on any atom is -0.0740 e. The Hall–Kier alpha value is 0.440. The molecule has 10 heavy (non-hydrogen) atoms. The lowest BCUT2D eigenvalue weighted by Gasteiger charge is -2.02. The fourth-order valence-electron chi connectivity index (χ4n) is 0.937. The van der Waals surface area contributed by atoms with E-state index in [0.29, 0.717) is 0 Å². The van der Waals surface area contributed by atoms with Crippen molar-refractivity contribution in [1.82, 2.24) is 0 Å². The normalized spacial score (nSPS) is 20.6. The van der Waals surface area contributed by atoms with E-state index in [1.807, 2.05) is 0 Å². The molecule has 0 fully saturated rings. The van der Waals surface area contributed by atoms with Crippen LogP contribution < -0.4 is 0 Å². The van der Waals surface area contributed by atoms with Gasteiger partial charge < -0.3 is 0 Å². The minimum atomic E-state index is 1.15. The first kappa shape index (κ1) is 8.54. The molecule has 0 aromatic carbocycles. The molecule has 0 aromatic heterocycles. The molecule has 0 aromatic rings. The standard InChI is InChI=1S/C8H10Br2/c9-7-3-1-4-8(10)6-2-5-7/h3,6H,1-2,4-5H2. The molecule has 0 N–H and O–H groups in total. The molecule has 0 unspecified atom stereocenters. The maximum Gasteiger partial charge on any atom is -0.00860 e. The van der Waals surface area contributed by atoms with Crippen LogP contribution in [0.2, 0.25) is 0 Å². The minimum absolute atomic E-state index is 1.15. The summed E-state index contributed by atoms with van der Waals surface area (Å²) in [5, 5.41) is 0. The van der Waals surface area contributed by atoms with Crippen LogP contribution >= 0.6 is 31.9 Å². The molecule has 1 aliphatic rings. The Kier molecular flexibility index (Phi) is 3.71. The summed E-state index contributed by atoms with van der Waals surface area (Å²) < 4.78 is 2.70. The van der Waals surface area contributed by atoms with Crippen molar-refractivity contribution >= 4 is 31.9 Å². The summed E-state index contributed by atoms with van der Waals surface area (Å²) >= 11 is 7.02. The van der Waals surface area contributed by atoms with E-state index in [-0.39, 0.29) is 0 Å². The van der Waals surface area contributed by atoms with Gasteiger partial charge in [-0.2, -0.15) is 0 Å². The Morgan fingerprint density at radius 1 is 0.900 bits per heavy atom. The van der Waals surface area contributed by atoms with Crippen molar-refractivity contribution in [1.29, 1.82) is 0 Å². The fourth-order valence-corrected chi connectivity index (χ4v) is 1.85. The Morgan fingerprint density at radius 2 is 1.30 bits per heavy atom. The summed E-state index contributed by atoms with van der Waals surface area (Å²) in [6.45, 7) is 0. The number of halogens is 2. The topological polar surface area (TPSA) is 0 Å². The zero-order chi connectivity index (χ0) is 7.40. The lowest BCUT2D eigenvalue weighted by molar-refractivity contribution is 0.947. The zero-order valence-electron chi connectivity index (χ0n) is 5.74. The van der Waals surface area contributed by atoms with Crippen molar-refractivity contribution in [2.24, 2.45) is 0 Å². The highest BCUT2D eigenvalue weighted by molar-refractivity contribution is 9.12. The third-order valence-electron chi connectivity index (χ3n) is 1.50. The molecule has 0 heterocycles. The summed E-state index contributed by atoms with van der Waals surface area (Å²) in [4.78, 5) is 0. The van der Waals surface area contributed by atoms with Gasteiger partial charge in [-0.1, -0.05) is 44.0 Å². The van der Waals surface area contributed by atoms with Gasteiger partial charge in [-0.25, -0.2) is 0 Å². The first-order chi connectivity index (χ1) is 4.79. The first-order valence-corrected chi connectivity index (χ1v) is 5.06. The van der Waals surface area contributed by atoms with Gasteiger partial charge in [0.05, 0.1) is 0 Å². The Morgan fingerprint density at radius 3 is 1.70 bits per heavy atom. The summed E-state index contributed by atoms with van der Waals surface area (Å²) in [5.74, 6) is 0. The SMILES string of the molecule is BrC1=CCCC(Br)=CCC1. The molecule has 0 spiro atoms. The summed E-state index contributed by atoms with van der Waals surface area (Å²) in [6, 6.07) is 0. The second kappa shape index (κ2) is 4.35. The molecule has 2 heteroatoms. The average Bonchev–Trinajstić information content (AvgIpc) is 1.84. The van der Waals surface area contributed by atoms with Gasteiger partial charge in [0.15, 0.2) is 0 Å². The van der Waals surface area contributed by atoms with E-state index >= 15 is 0 Å². The number of rotatable bonds is 0. The number of hydrogen-bond donors (Lipinski definition) is 0. The molecule has 0 aliphatic heterocycles. The molecule has 0 radical (unpaired) electrons. The van der Waals surface area contributed by atoms with Gasteiger partial charge in [0.1, 0.15) is 0 Å². The van der Waals surface area contributed by atoms with E-state index in [9.17, 15) is 0 Å². The van der Waals surface area contributed by atoms with Crippen molar-refractivity contribution in [3.63, 3.8) is 0 Å². The van der Waals surface area contributed by atoms with E-state index in [4.69, 9.17) is 0 Å². The third kappa shape index (κ3) is 3.02. The molecule has 0 amide bonds. The predicted molar refractivity (Wildman–Crippen MR) is 52.5 cm³/mol. The van der Waals surface area contributed by atoms with Crippen molar-refractivity contribution in [3.05, 3.63) is 21.1 Å². The Bertz CT molecular complexity index is 148. The van der Waals surface area contributed by atoms with Crippen molar-refractivity contribution < 1.29 is 0 Å². The van der Waals surface area contributed by atoms with Crippen LogP contribution in [0.15, 0.2) is 21.1 Å². The monoisotopic (exact) mass is 264 g/mol. The molecule has 0 bridgehead atoms. The van der Waals surface area contributed by atoms with Crippen LogP contribution in [0, 0.1) is 0 Å². The predicted octanol–water partition coefficient (Wildman–Crippen LogP) is 4.12. The van der Waals surface area contributed by atoms with E-state index in [1.165, 1.54) is 8.96 Å². The van der Waals surface area contributed by atoms with Gasteiger partial charge in [-0.15, -0.1) is 0 Å². The number of hydrogen-bond acceptors (Lipinski definition) is 0. The van der Waals surface area contributed by atoms with Crippen molar-refractivity contribution in [2.75, 3.05) is 0 Å². The smallest absolute Gasteiger partial charge is 0.00860 e. The van der Waals surface area contributed by atoms with Gasteiger partial charge >= 0.3 is 0 Å². The van der Waals surface area contributed by atoms with Gasteiger partial charge in [0.25, 0.3) is 0 Å². The van der Waals surface area contributed by atoms with Crippen LogP contribution in [0.5, 0.6) is 0 Å². The second-order valence-corrected chi connectivity index (χ2v) is 4.42. The van der Waals surface area contributed by atoms with Gasteiger partial charge in [-0.05, 0) is 34.6 Å². The third-order valence-corrected chi connectivity index (χ3v) is 2.94. The highest BCUT2D eigenvalue weighted by Gasteiger charge is 1.97. The summed E-state index contributed by atoms with van der Waals surface area (Å²) in [6.07, 6.45) is 9.11. The first-order valence-electron chi connectivity index (χ1n) is 3.48. The molecule has 56 valence electrons. The van der Waals surface area contributed by atoms with Crippen LogP contribution in [0.25, 0.3) is 0 Å². The fraction of sp³-hybridized carbons (Fsp3) is 0.500. The largest absolute Gasteiger partial charge is 0.0740 e. The summed E-state index contributed by atoms with van der Waals surface area (Å²) in [5.41, 5.74) is 0. The van der Waals surface area contributed by atoms with Crippen LogP contribution in [-0.2, 0) is 0 Å². The van der Waals surface area contributed by atoms with E-state index in [1.54, 1.807) is 0 Å². The molecule has 1 rings (SSSR count). The lowest BCUT2D eigenvalue weighted by Crippen LogP contribution is -1.81. The van der Waals surface area contributed by atoms with Gasteiger partial charge in [0, 0.05) is 0 Å². The molecular formula is C8H10Br2. The summed E-state index contributed by atoms with van der Waals surface area (Å²) in [7, 11) is 0. The van der Waals surface area contributed by atoms with Crippen LogP contribution in [-0.4, -0.2) is 0 Å². The van der Waals surface area contributed by atoms with E-state index in [0.717, 1.165) is 25.7 Å². The Balaban J connectivity index is 2.48. The van der Waals surface area contributed by atoms with Gasteiger partial charge in [-0.3, -0.25) is 0 Å². The molecule has 0 saturated heterocycles. The Labute approximate surface area is 78.6 Å². The molecular weight excluding hydrogens is 256 g/mol. The number of allylic oxidation sites excluding steroid dienone is 4. The van der Waals surface area contributed by atoms with Gasteiger partial charge in [0.2, 0.25) is 0 Å². The molecule has 0 atom stereocenters. The van der Waals surface area contributed by atoms with Crippen molar-refractivity contribution in [3.8, 4) is 0 Å². The molecule has 0 saturated carbocycles. The highest BCUT2D eigenvalue weighted by Crippen LogP contribution is 2.23. The quantitative estimate of drug-likeness (QED) is 0.618. The molecule has 1 aliphatic carbocycles. The second-order valence-electron chi connectivity index (χ2n) is 2.38. The average molecular weight is 266 g/mol. The van der Waals surface area contributed by atoms with Crippen LogP contribution in [0.4, 0.5) is 0 Å². The van der Waals surface area contributed by atoms with Crippen LogP contribution in [0.1, 0.15) is 25.7 Å². The van der Waals surface area contributed by atoms with E-state index < -0.39 is 0 Å². The van der Waals surface area contributed by atoms with Crippen LogP contribution in [0.3, 0.4) is 0 Å². The maximum atomic E-state index is 3.51. The molecule has 0 nitrogen and oxygen atoms in total. The maximum absolute atomic E-state index is 3.51. The zero-order valence-corrected chi connectivity index (χ0v) is 8.91.